The maximum Gasteiger partial charge on any atom is 0.150 e. The van der Waals surface area contributed by atoms with Crippen molar-refractivity contribution in [3.05, 3.63) is 34.3 Å². The van der Waals surface area contributed by atoms with Gasteiger partial charge in [0.15, 0.2) is 9.84 Å². The summed E-state index contributed by atoms with van der Waals surface area (Å²) in [6, 6.07) is 8.15. The Morgan fingerprint density at radius 2 is 2.00 bits per heavy atom. The highest BCUT2D eigenvalue weighted by molar-refractivity contribution is 9.10. The lowest BCUT2D eigenvalue weighted by Crippen LogP contribution is -2.26. The molecule has 1 aliphatic rings. The highest BCUT2D eigenvalue weighted by Crippen LogP contribution is 2.23. The molecule has 1 aromatic carbocycles. The summed E-state index contributed by atoms with van der Waals surface area (Å²) in [5.74, 6) is 0.907. The lowest BCUT2D eigenvalue weighted by molar-refractivity contribution is 0.468. The molecule has 0 aromatic heterocycles. The zero-order valence-corrected chi connectivity index (χ0v) is 12.6. The van der Waals surface area contributed by atoms with Crippen LogP contribution in [-0.4, -0.2) is 26.0 Å². The molecule has 0 saturated carbocycles. The van der Waals surface area contributed by atoms with Gasteiger partial charge in [0.05, 0.1) is 11.5 Å². The summed E-state index contributed by atoms with van der Waals surface area (Å²) in [5.41, 5.74) is 7.31. The van der Waals surface area contributed by atoms with Gasteiger partial charge in [0.25, 0.3) is 0 Å². The van der Waals surface area contributed by atoms with Gasteiger partial charge in [0.2, 0.25) is 0 Å². The largest absolute Gasteiger partial charge is 0.327 e. The van der Waals surface area contributed by atoms with Crippen molar-refractivity contribution in [2.45, 2.75) is 25.3 Å². The van der Waals surface area contributed by atoms with Gasteiger partial charge < -0.3 is 5.73 Å². The molecule has 18 heavy (non-hydrogen) atoms. The first kappa shape index (κ1) is 14.0. The van der Waals surface area contributed by atoms with E-state index in [2.05, 4.69) is 28.1 Å². The fourth-order valence-corrected chi connectivity index (χ4v) is 4.64. The molecule has 1 saturated heterocycles. The fourth-order valence-electron chi connectivity index (χ4n) is 2.49. The molecule has 3 nitrogen and oxygen atoms in total. The van der Waals surface area contributed by atoms with Crippen molar-refractivity contribution in [2.24, 2.45) is 11.7 Å². The molecule has 1 aliphatic heterocycles. The Kier molecular flexibility index (Phi) is 4.45. The fraction of sp³-hybridized carbons (Fsp3) is 0.538. The number of sulfone groups is 1. The molecule has 1 fully saturated rings. The van der Waals surface area contributed by atoms with Crippen molar-refractivity contribution in [3.8, 4) is 0 Å². The van der Waals surface area contributed by atoms with Gasteiger partial charge in [-0.25, -0.2) is 8.42 Å². The van der Waals surface area contributed by atoms with E-state index in [4.69, 9.17) is 5.73 Å². The number of benzene rings is 1. The third kappa shape index (κ3) is 4.07. The first-order chi connectivity index (χ1) is 8.44. The van der Waals surface area contributed by atoms with Gasteiger partial charge in [0.1, 0.15) is 0 Å². The van der Waals surface area contributed by atoms with Crippen LogP contribution in [0.1, 0.15) is 18.4 Å². The molecule has 2 unspecified atom stereocenters. The van der Waals surface area contributed by atoms with E-state index in [1.54, 1.807) is 0 Å². The average molecular weight is 332 g/mol. The molecule has 0 spiro atoms. The van der Waals surface area contributed by atoms with E-state index in [0.29, 0.717) is 11.5 Å². The smallest absolute Gasteiger partial charge is 0.150 e. The van der Waals surface area contributed by atoms with Gasteiger partial charge in [-0.3, -0.25) is 0 Å². The zero-order chi connectivity index (χ0) is 13.2. The molecular weight excluding hydrogens is 314 g/mol. The number of rotatable bonds is 4. The van der Waals surface area contributed by atoms with E-state index >= 15 is 0 Å². The van der Waals surface area contributed by atoms with E-state index in [-0.39, 0.29) is 12.0 Å². The Balaban J connectivity index is 1.86. The van der Waals surface area contributed by atoms with Crippen molar-refractivity contribution in [2.75, 3.05) is 11.5 Å². The maximum atomic E-state index is 11.4. The van der Waals surface area contributed by atoms with E-state index in [1.807, 2.05) is 12.1 Å². The van der Waals surface area contributed by atoms with Crippen LogP contribution in [0.15, 0.2) is 28.7 Å². The quantitative estimate of drug-likeness (QED) is 0.919. The van der Waals surface area contributed by atoms with Crippen LogP contribution >= 0.6 is 15.9 Å². The van der Waals surface area contributed by atoms with Crippen LogP contribution in [0.3, 0.4) is 0 Å². The molecule has 1 heterocycles. The van der Waals surface area contributed by atoms with Crippen molar-refractivity contribution in [1.82, 2.24) is 0 Å². The van der Waals surface area contributed by atoms with Crippen molar-refractivity contribution in [1.29, 1.82) is 0 Å². The second kappa shape index (κ2) is 5.72. The summed E-state index contributed by atoms with van der Waals surface area (Å²) in [5, 5.41) is 0. The molecule has 1 aromatic rings. The van der Waals surface area contributed by atoms with Crippen molar-refractivity contribution in [3.63, 3.8) is 0 Å². The minimum absolute atomic E-state index is 0.0458. The third-order valence-electron chi connectivity index (χ3n) is 3.37. The van der Waals surface area contributed by atoms with Gasteiger partial charge in [-0.05, 0) is 42.9 Å². The standard InChI is InChI=1S/C13H18BrNO2S/c14-12-3-1-10(2-4-12)7-13(15)8-11-5-6-18(16,17)9-11/h1-4,11,13H,5-9,15H2. The van der Waals surface area contributed by atoms with Crippen LogP contribution in [0.5, 0.6) is 0 Å². The van der Waals surface area contributed by atoms with E-state index in [0.717, 1.165) is 23.7 Å². The Morgan fingerprint density at radius 1 is 1.33 bits per heavy atom. The van der Waals surface area contributed by atoms with Crippen LogP contribution < -0.4 is 5.73 Å². The molecular formula is C13H18BrNO2S. The SMILES string of the molecule is NC(Cc1ccc(Br)cc1)CC1CCS(=O)(=O)C1. The van der Waals surface area contributed by atoms with E-state index in [1.165, 1.54) is 5.56 Å². The minimum Gasteiger partial charge on any atom is -0.327 e. The van der Waals surface area contributed by atoms with Gasteiger partial charge >= 0.3 is 0 Å². The molecule has 2 N–H and O–H groups in total. The van der Waals surface area contributed by atoms with Crippen LogP contribution in [0.25, 0.3) is 0 Å². The Bertz CT molecular complexity index is 498. The number of halogens is 1. The van der Waals surface area contributed by atoms with Crippen LogP contribution in [-0.2, 0) is 16.3 Å². The van der Waals surface area contributed by atoms with E-state index in [9.17, 15) is 8.42 Å². The zero-order valence-electron chi connectivity index (χ0n) is 10.2. The average Bonchev–Trinajstić information content (AvgIpc) is 2.61. The second-order valence-electron chi connectivity index (χ2n) is 5.10. The van der Waals surface area contributed by atoms with Crippen LogP contribution in [0.2, 0.25) is 0 Å². The van der Waals surface area contributed by atoms with Crippen molar-refractivity contribution < 1.29 is 8.42 Å². The predicted octanol–water partition coefficient (Wildman–Crippen LogP) is 2.14. The first-order valence-electron chi connectivity index (χ1n) is 6.15. The van der Waals surface area contributed by atoms with Gasteiger partial charge in [-0.15, -0.1) is 0 Å². The van der Waals surface area contributed by atoms with Crippen LogP contribution in [0, 0.1) is 5.92 Å². The highest BCUT2D eigenvalue weighted by atomic mass is 79.9. The Morgan fingerprint density at radius 3 is 2.56 bits per heavy atom. The molecule has 0 radical (unpaired) electrons. The lowest BCUT2D eigenvalue weighted by atomic mass is 9.95. The van der Waals surface area contributed by atoms with E-state index < -0.39 is 9.84 Å². The normalized spacial score (nSPS) is 24.0. The van der Waals surface area contributed by atoms with Gasteiger partial charge in [-0.2, -0.15) is 0 Å². The number of nitrogens with two attached hydrogens (primary N) is 1. The Hall–Kier alpha value is -0.390. The predicted molar refractivity (Wildman–Crippen MR) is 77.2 cm³/mol. The second-order valence-corrected chi connectivity index (χ2v) is 8.24. The maximum absolute atomic E-state index is 11.4. The van der Waals surface area contributed by atoms with Gasteiger partial charge in [-0.1, -0.05) is 28.1 Å². The van der Waals surface area contributed by atoms with Gasteiger partial charge in [0, 0.05) is 10.5 Å². The molecule has 0 bridgehead atoms. The highest BCUT2D eigenvalue weighted by Gasteiger charge is 2.28. The monoisotopic (exact) mass is 331 g/mol. The summed E-state index contributed by atoms with van der Waals surface area (Å²) in [6.07, 6.45) is 2.38. The molecule has 0 aliphatic carbocycles. The van der Waals surface area contributed by atoms with Crippen LogP contribution in [0.4, 0.5) is 0 Å². The number of hydrogen-bond acceptors (Lipinski definition) is 3. The Labute approximate surface area is 117 Å². The minimum atomic E-state index is -2.78. The lowest BCUT2D eigenvalue weighted by Gasteiger charge is -2.15. The summed E-state index contributed by atoms with van der Waals surface area (Å²) >= 11 is 3.40. The summed E-state index contributed by atoms with van der Waals surface area (Å²) < 4.78 is 23.8. The molecule has 100 valence electrons. The summed E-state index contributed by atoms with van der Waals surface area (Å²) in [4.78, 5) is 0. The van der Waals surface area contributed by atoms with Crippen molar-refractivity contribution >= 4 is 25.8 Å². The number of hydrogen-bond donors (Lipinski definition) is 1. The summed E-state index contributed by atoms with van der Waals surface area (Å²) in [7, 11) is -2.78. The topological polar surface area (TPSA) is 60.2 Å². The molecule has 5 heteroatoms. The first-order valence-corrected chi connectivity index (χ1v) is 8.76. The molecule has 0 amide bonds. The third-order valence-corrected chi connectivity index (χ3v) is 5.74. The molecule has 2 rings (SSSR count). The molecule has 2 atom stereocenters. The summed E-state index contributed by atoms with van der Waals surface area (Å²) in [6.45, 7) is 0.